The Morgan fingerprint density at radius 3 is 2.90 bits per heavy atom. The van der Waals surface area contributed by atoms with Crippen molar-refractivity contribution in [1.29, 1.82) is 0 Å². The quantitative estimate of drug-likeness (QED) is 0.874. The van der Waals surface area contributed by atoms with E-state index in [1.807, 2.05) is 0 Å². The van der Waals surface area contributed by atoms with Crippen molar-refractivity contribution >= 4 is 18.3 Å². The monoisotopic (exact) mass is 306 g/mol. The van der Waals surface area contributed by atoms with Crippen molar-refractivity contribution in [3.63, 3.8) is 0 Å². The minimum Gasteiger partial charge on any atom is -0.378 e. The molecule has 2 atom stereocenters. The lowest BCUT2D eigenvalue weighted by atomic mass is 10.1. The van der Waals surface area contributed by atoms with E-state index in [1.54, 1.807) is 7.11 Å². The van der Waals surface area contributed by atoms with Gasteiger partial charge in [0.15, 0.2) is 11.6 Å². The molecule has 0 aromatic heterocycles. The van der Waals surface area contributed by atoms with Gasteiger partial charge in [0.2, 0.25) is 5.91 Å². The van der Waals surface area contributed by atoms with Crippen LogP contribution in [0.3, 0.4) is 0 Å². The molecule has 20 heavy (non-hydrogen) atoms. The average molecular weight is 307 g/mol. The zero-order valence-corrected chi connectivity index (χ0v) is 11.8. The molecular weight excluding hydrogens is 290 g/mol. The maximum absolute atomic E-state index is 13.4. The number of benzene rings is 1. The number of nitrogens with one attached hydrogen (secondary N) is 2. The van der Waals surface area contributed by atoms with Gasteiger partial charge in [-0.25, -0.2) is 8.78 Å². The molecule has 4 nitrogen and oxygen atoms in total. The van der Waals surface area contributed by atoms with Crippen LogP contribution in [0, 0.1) is 11.6 Å². The SMILES string of the molecule is CO[C@H]1CNCC1NC(=O)Cc1cccc(F)c1F.Cl. The summed E-state index contributed by atoms with van der Waals surface area (Å²) in [5.74, 6) is -2.26. The summed E-state index contributed by atoms with van der Waals surface area (Å²) in [5.41, 5.74) is 0.0532. The van der Waals surface area contributed by atoms with Crippen LogP contribution in [0.4, 0.5) is 8.78 Å². The molecule has 2 N–H and O–H groups in total. The van der Waals surface area contributed by atoms with Gasteiger partial charge in [-0.3, -0.25) is 4.79 Å². The molecule has 0 bridgehead atoms. The number of halogens is 3. The summed E-state index contributed by atoms with van der Waals surface area (Å²) in [5, 5.41) is 5.85. The van der Waals surface area contributed by atoms with Crippen molar-refractivity contribution in [2.45, 2.75) is 18.6 Å². The van der Waals surface area contributed by atoms with E-state index in [0.29, 0.717) is 13.1 Å². The first kappa shape index (κ1) is 16.8. The molecule has 1 heterocycles. The third kappa shape index (κ3) is 3.88. The van der Waals surface area contributed by atoms with Gasteiger partial charge in [-0.15, -0.1) is 12.4 Å². The number of amides is 1. The highest BCUT2D eigenvalue weighted by Gasteiger charge is 2.28. The van der Waals surface area contributed by atoms with E-state index in [-0.39, 0.29) is 42.4 Å². The molecule has 1 aliphatic heterocycles. The van der Waals surface area contributed by atoms with Gasteiger partial charge in [0, 0.05) is 25.8 Å². The summed E-state index contributed by atoms with van der Waals surface area (Å²) in [6.45, 7) is 1.27. The van der Waals surface area contributed by atoms with E-state index in [2.05, 4.69) is 10.6 Å². The molecule has 1 aliphatic rings. The number of carbonyl (C=O) groups is 1. The Kier molecular flexibility index (Phi) is 6.32. The van der Waals surface area contributed by atoms with Gasteiger partial charge >= 0.3 is 0 Å². The van der Waals surface area contributed by atoms with Crippen LogP contribution >= 0.6 is 12.4 Å². The second-order valence-electron chi connectivity index (χ2n) is 4.50. The largest absolute Gasteiger partial charge is 0.378 e. The predicted molar refractivity (Wildman–Crippen MR) is 72.9 cm³/mol. The number of rotatable bonds is 4. The highest BCUT2D eigenvalue weighted by molar-refractivity contribution is 5.85. The molecular formula is C13H17ClF2N2O2. The fourth-order valence-corrected chi connectivity index (χ4v) is 2.16. The second-order valence-corrected chi connectivity index (χ2v) is 4.50. The Hall–Kier alpha value is -1.24. The third-order valence-corrected chi connectivity index (χ3v) is 3.19. The Morgan fingerprint density at radius 1 is 1.45 bits per heavy atom. The number of methoxy groups -OCH3 is 1. The van der Waals surface area contributed by atoms with Crippen LogP contribution in [-0.2, 0) is 16.0 Å². The van der Waals surface area contributed by atoms with Crippen molar-refractivity contribution in [3.8, 4) is 0 Å². The Balaban J connectivity index is 0.00000200. The first-order valence-electron chi connectivity index (χ1n) is 6.07. The fraction of sp³-hybridized carbons (Fsp3) is 0.462. The van der Waals surface area contributed by atoms with Crippen LogP contribution < -0.4 is 10.6 Å². The maximum atomic E-state index is 13.4. The highest BCUT2D eigenvalue weighted by atomic mass is 35.5. The zero-order chi connectivity index (χ0) is 13.8. The van der Waals surface area contributed by atoms with Crippen molar-refractivity contribution in [2.75, 3.05) is 20.2 Å². The number of carbonyl (C=O) groups excluding carboxylic acids is 1. The van der Waals surface area contributed by atoms with Crippen molar-refractivity contribution in [2.24, 2.45) is 0 Å². The molecule has 0 saturated carbocycles. The van der Waals surface area contributed by atoms with Crippen LogP contribution in [-0.4, -0.2) is 38.3 Å². The number of hydrogen-bond acceptors (Lipinski definition) is 3. The lowest BCUT2D eigenvalue weighted by molar-refractivity contribution is -0.121. The lowest BCUT2D eigenvalue weighted by Crippen LogP contribution is -2.44. The second kappa shape index (κ2) is 7.52. The number of hydrogen-bond donors (Lipinski definition) is 2. The summed E-state index contributed by atoms with van der Waals surface area (Å²) in [6.07, 6.45) is -0.280. The molecule has 2 rings (SSSR count). The summed E-state index contributed by atoms with van der Waals surface area (Å²) in [6, 6.07) is 3.67. The van der Waals surface area contributed by atoms with Crippen LogP contribution in [0.5, 0.6) is 0 Å². The lowest BCUT2D eigenvalue weighted by Gasteiger charge is -2.18. The van der Waals surface area contributed by atoms with E-state index < -0.39 is 11.6 Å². The molecule has 0 aliphatic carbocycles. The van der Waals surface area contributed by atoms with E-state index >= 15 is 0 Å². The first-order valence-corrected chi connectivity index (χ1v) is 6.07. The van der Waals surface area contributed by atoms with Gasteiger partial charge in [-0.1, -0.05) is 12.1 Å². The molecule has 1 unspecified atom stereocenters. The Bertz CT molecular complexity index is 474. The van der Waals surface area contributed by atoms with Gasteiger partial charge in [0.05, 0.1) is 18.6 Å². The molecule has 0 spiro atoms. The van der Waals surface area contributed by atoms with Crippen LogP contribution in [0.2, 0.25) is 0 Å². The molecule has 7 heteroatoms. The first-order chi connectivity index (χ1) is 9.11. The number of ether oxygens (including phenoxy) is 1. The molecule has 1 fully saturated rings. The van der Waals surface area contributed by atoms with Crippen LogP contribution in [0.1, 0.15) is 5.56 Å². The molecule has 1 saturated heterocycles. The van der Waals surface area contributed by atoms with Crippen molar-refractivity contribution in [1.82, 2.24) is 10.6 Å². The Morgan fingerprint density at radius 2 is 2.20 bits per heavy atom. The smallest absolute Gasteiger partial charge is 0.224 e. The van der Waals surface area contributed by atoms with Gasteiger partial charge in [-0.2, -0.15) is 0 Å². The Labute approximate surface area is 122 Å². The molecule has 1 amide bonds. The zero-order valence-electron chi connectivity index (χ0n) is 11.0. The summed E-state index contributed by atoms with van der Waals surface area (Å²) in [4.78, 5) is 11.8. The van der Waals surface area contributed by atoms with Gasteiger partial charge < -0.3 is 15.4 Å². The standard InChI is InChI=1S/C13H16F2N2O2.ClH/c1-19-11-7-16-6-10(11)17-12(18)5-8-3-2-4-9(14)13(8)15;/h2-4,10-11,16H,5-7H2,1H3,(H,17,18);1H/t10?,11-;/m0./s1. The van der Waals surface area contributed by atoms with E-state index in [9.17, 15) is 13.6 Å². The van der Waals surface area contributed by atoms with Crippen LogP contribution in [0.15, 0.2) is 18.2 Å². The van der Waals surface area contributed by atoms with Crippen molar-refractivity contribution in [3.05, 3.63) is 35.4 Å². The average Bonchev–Trinajstić information content (AvgIpc) is 2.82. The van der Waals surface area contributed by atoms with Crippen LogP contribution in [0.25, 0.3) is 0 Å². The normalized spacial score (nSPS) is 21.4. The van der Waals surface area contributed by atoms with E-state index in [1.165, 1.54) is 12.1 Å². The fourth-order valence-electron chi connectivity index (χ4n) is 2.16. The van der Waals surface area contributed by atoms with Gasteiger partial charge in [0.25, 0.3) is 0 Å². The summed E-state index contributed by atoms with van der Waals surface area (Å²) in [7, 11) is 1.57. The van der Waals surface area contributed by atoms with E-state index in [4.69, 9.17) is 4.74 Å². The molecule has 1 aromatic rings. The third-order valence-electron chi connectivity index (χ3n) is 3.19. The van der Waals surface area contributed by atoms with Crippen molar-refractivity contribution < 1.29 is 18.3 Å². The predicted octanol–water partition coefficient (Wildman–Crippen LogP) is 1.03. The molecule has 112 valence electrons. The molecule has 0 radical (unpaired) electrons. The maximum Gasteiger partial charge on any atom is 0.224 e. The topological polar surface area (TPSA) is 50.4 Å². The minimum atomic E-state index is -0.967. The summed E-state index contributed by atoms with van der Waals surface area (Å²) >= 11 is 0. The summed E-state index contributed by atoms with van der Waals surface area (Å²) < 4.78 is 31.6. The minimum absolute atomic E-state index is 0. The van der Waals surface area contributed by atoms with E-state index in [0.717, 1.165) is 6.07 Å². The highest BCUT2D eigenvalue weighted by Crippen LogP contribution is 2.12. The molecule has 1 aromatic carbocycles. The van der Waals surface area contributed by atoms with Gasteiger partial charge in [0.1, 0.15) is 0 Å². The van der Waals surface area contributed by atoms with Gasteiger partial charge in [-0.05, 0) is 6.07 Å².